The van der Waals surface area contributed by atoms with Gasteiger partial charge in [0.1, 0.15) is 0 Å². The number of hydrogen-bond acceptors (Lipinski definition) is 5. The zero-order chi connectivity index (χ0) is 21.1. The predicted molar refractivity (Wildman–Crippen MR) is 120 cm³/mol. The van der Waals surface area contributed by atoms with Crippen LogP contribution in [0.1, 0.15) is 48.6 Å². The van der Waals surface area contributed by atoms with Crippen LogP contribution in [0, 0.1) is 6.92 Å². The topological polar surface area (TPSA) is 69.7 Å². The molecule has 2 aromatic rings. The molecule has 4 rings (SSSR count). The van der Waals surface area contributed by atoms with Crippen molar-refractivity contribution >= 4 is 33.0 Å². The van der Waals surface area contributed by atoms with Crippen molar-refractivity contribution in [1.82, 2.24) is 9.21 Å². The molecule has 0 bridgehead atoms. The van der Waals surface area contributed by atoms with Crippen molar-refractivity contribution in [3.8, 4) is 0 Å². The second-order valence-electron chi connectivity index (χ2n) is 8.14. The number of nitrogens with zero attached hydrogens (tertiary/aromatic N) is 2. The first-order chi connectivity index (χ1) is 14.4. The van der Waals surface area contributed by atoms with Crippen molar-refractivity contribution < 1.29 is 13.2 Å². The van der Waals surface area contributed by atoms with Gasteiger partial charge in [-0.3, -0.25) is 9.69 Å². The van der Waals surface area contributed by atoms with Gasteiger partial charge < -0.3 is 5.32 Å². The molecule has 1 atom stereocenters. The van der Waals surface area contributed by atoms with Crippen molar-refractivity contribution in [2.24, 2.45) is 0 Å². The van der Waals surface area contributed by atoms with Crippen LogP contribution in [-0.4, -0.2) is 49.7 Å². The lowest BCUT2D eigenvalue weighted by atomic mass is 10.2. The maximum Gasteiger partial charge on any atom is 0.243 e. The first-order valence-corrected chi connectivity index (χ1v) is 13.0. The van der Waals surface area contributed by atoms with Crippen molar-refractivity contribution in [3.63, 3.8) is 0 Å². The minimum Gasteiger partial charge on any atom is -0.325 e. The minimum atomic E-state index is -3.54. The van der Waals surface area contributed by atoms with Gasteiger partial charge in [-0.15, -0.1) is 11.3 Å². The maximum absolute atomic E-state index is 13.1. The lowest BCUT2D eigenvalue weighted by Gasteiger charge is -2.27. The Balaban J connectivity index is 1.46. The molecule has 2 aliphatic rings. The van der Waals surface area contributed by atoms with E-state index in [9.17, 15) is 13.2 Å². The number of thiophene rings is 1. The lowest BCUT2D eigenvalue weighted by Crippen LogP contribution is -2.36. The molecule has 2 fully saturated rings. The number of anilines is 1. The molecule has 0 saturated carbocycles. The molecule has 0 spiro atoms. The summed E-state index contributed by atoms with van der Waals surface area (Å²) < 4.78 is 27.8. The molecule has 0 radical (unpaired) electrons. The molecule has 2 aliphatic heterocycles. The number of hydrogen-bond donors (Lipinski definition) is 1. The van der Waals surface area contributed by atoms with Gasteiger partial charge in [0.15, 0.2) is 0 Å². The maximum atomic E-state index is 13.1. The van der Waals surface area contributed by atoms with Crippen molar-refractivity contribution in [2.45, 2.75) is 50.0 Å². The summed E-state index contributed by atoms with van der Waals surface area (Å²) in [6.45, 7) is 4.15. The van der Waals surface area contributed by atoms with Gasteiger partial charge in [0.05, 0.1) is 11.4 Å². The van der Waals surface area contributed by atoms with Gasteiger partial charge in [0.2, 0.25) is 15.9 Å². The van der Waals surface area contributed by atoms with E-state index in [0.717, 1.165) is 38.6 Å². The Kier molecular flexibility index (Phi) is 6.57. The summed E-state index contributed by atoms with van der Waals surface area (Å²) in [4.78, 5) is 16.5. The SMILES string of the molecule is Cc1ccc(NC(=O)CN2CCC[C@@H]2c2cccs2)cc1S(=O)(=O)N1CCCCC1. The number of likely N-dealkylation sites (tertiary alicyclic amines) is 1. The molecule has 30 heavy (non-hydrogen) atoms. The molecule has 2 saturated heterocycles. The summed E-state index contributed by atoms with van der Waals surface area (Å²) in [6.07, 6.45) is 5.02. The minimum absolute atomic E-state index is 0.108. The third-order valence-corrected chi connectivity index (χ3v) is 9.00. The van der Waals surface area contributed by atoms with Gasteiger partial charge in [0, 0.05) is 29.7 Å². The van der Waals surface area contributed by atoms with Crippen LogP contribution in [0.3, 0.4) is 0 Å². The van der Waals surface area contributed by atoms with Gasteiger partial charge in [-0.2, -0.15) is 4.31 Å². The summed E-state index contributed by atoms with van der Waals surface area (Å²) in [5.74, 6) is -0.108. The number of rotatable bonds is 6. The molecule has 6 nitrogen and oxygen atoms in total. The molecule has 3 heterocycles. The van der Waals surface area contributed by atoms with E-state index in [4.69, 9.17) is 0 Å². The molecule has 1 aromatic carbocycles. The quantitative estimate of drug-likeness (QED) is 0.727. The fourth-order valence-electron chi connectivity index (χ4n) is 4.40. The van der Waals surface area contributed by atoms with Gasteiger partial charge >= 0.3 is 0 Å². The second-order valence-corrected chi connectivity index (χ2v) is 11.0. The van der Waals surface area contributed by atoms with Crippen LogP contribution in [-0.2, 0) is 14.8 Å². The highest BCUT2D eigenvalue weighted by Crippen LogP contribution is 2.34. The van der Waals surface area contributed by atoms with E-state index < -0.39 is 10.0 Å². The van der Waals surface area contributed by atoms with Crippen LogP contribution < -0.4 is 5.32 Å². The van der Waals surface area contributed by atoms with E-state index in [1.807, 2.05) is 6.07 Å². The molecular weight excluding hydrogens is 418 g/mol. The van der Waals surface area contributed by atoms with Crippen molar-refractivity contribution in [2.75, 3.05) is 31.5 Å². The zero-order valence-corrected chi connectivity index (χ0v) is 19.0. The van der Waals surface area contributed by atoms with E-state index in [1.165, 1.54) is 4.88 Å². The lowest BCUT2D eigenvalue weighted by molar-refractivity contribution is -0.117. The van der Waals surface area contributed by atoms with Gasteiger partial charge in [0.25, 0.3) is 0 Å². The molecular formula is C22H29N3O3S2. The highest BCUT2D eigenvalue weighted by atomic mass is 32.2. The first kappa shape index (κ1) is 21.5. The Morgan fingerprint density at radius 1 is 1.13 bits per heavy atom. The van der Waals surface area contributed by atoms with E-state index >= 15 is 0 Å². The van der Waals surface area contributed by atoms with Gasteiger partial charge in [-0.05, 0) is 68.3 Å². The van der Waals surface area contributed by atoms with Crippen LogP contribution in [0.5, 0.6) is 0 Å². The van der Waals surface area contributed by atoms with Crippen LogP contribution in [0.4, 0.5) is 5.69 Å². The fraction of sp³-hybridized carbons (Fsp3) is 0.500. The summed E-state index contributed by atoms with van der Waals surface area (Å²) in [6, 6.07) is 9.64. The van der Waals surface area contributed by atoms with E-state index in [2.05, 4.69) is 21.7 Å². The smallest absolute Gasteiger partial charge is 0.243 e. The molecule has 1 amide bonds. The summed E-state index contributed by atoms with van der Waals surface area (Å²) >= 11 is 1.73. The number of sulfonamides is 1. The molecule has 1 aromatic heterocycles. The van der Waals surface area contributed by atoms with Crippen molar-refractivity contribution in [3.05, 3.63) is 46.2 Å². The van der Waals surface area contributed by atoms with E-state index in [-0.39, 0.29) is 5.91 Å². The predicted octanol–water partition coefficient (Wildman–Crippen LogP) is 4.01. The molecule has 162 valence electrons. The van der Waals surface area contributed by atoms with Crippen LogP contribution in [0.25, 0.3) is 0 Å². The molecule has 0 aliphatic carbocycles. The Labute approximate surface area is 182 Å². The highest BCUT2D eigenvalue weighted by Gasteiger charge is 2.29. The summed E-state index contributed by atoms with van der Waals surface area (Å²) in [5, 5.41) is 4.99. The Bertz CT molecular complexity index is 983. The highest BCUT2D eigenvalue weighted by molar-refractivity contribution is 7.89. The summed E-state index contributed by atoms with van der Waals surface area (Å²) in [5.41, 5.74) is 1.24. The third-order valence-electron chi connectivity index (χ3n) is 5.99. The number of piperidine rings is 1. The standard InChI is InChI=1S/C22H29N3O3S2/c1-17-9-10-18(15-21(17)30(27,28)25-12-3-2-4-13-25)23-22(26)16-24-11-5-7-19(24)20-8-6-14-29-20/h6,8-10,14-15,19H,2-5,7,11-13,16H2,1H3,(H,23,26)/t19-/m1/s1. The van der Waals surface area contributed by atoms with E-state index in [0.29, 0.717) is 41.8 Å². The average Bonchev–Trinajstić information content (AvgIpc) is 3.41. The second kappa shape index (κ2) is 9.18. The summed E-state index contributed by atoms with van der Waals surface area (Å²) in [7, 11) is -3.54. The van der Waals surface area contributed by atoms with Crippen molar-refractivity contribution in [1.29, 1.82) is 0 Å². The largest absolute Gasteiger partial charge is 0.325 e. The zero-order valence-electron chi connectivity index (χ0n) is 17.3. The van der Waals surface area contributed by atoms with E-state index in [1.54, 1.807) is 40.8 Å². The van der Waals surface area contributed by atoms with Gasteiger partial charge in [-0.1, -0.05) is 18.6 Å². The monoisotopic (exact) mass is 447 g/mol. The van der Waals surface area contributed by atoms with Crippen LogP contribution >= 0.6 is 11.3 Å². The number of nitrogens with one attached hydrogen (secondary N) is 1. The molecule has 1 N–H and O–H groups in total. The number of amides is 1. The van der Waals surface area contributed by atoms with Gasteiger partial charge in [-0.25, -0.2) is 8.42 Å². The average molecular weight is 448 g/mol. The number of aryl methyl sites for hydroxylation is 1. The Morgan fingerprint density at radius 3 is 2.67 bits per heavy atom. The Hall–Kier alpha value is -1.74. The van der Waals surface area contributed by atoms with Crippen LogP contribution in [0.15, 0.2) is 40.6 Å². The fourth-order valence-corrected chi connectivity index (χ4v) is 7.07. The molecule has 8 heteroatoms. The number of benzene rings is 1. The number of carbonyl (C=O) groups is 1. The number of carbonyl (C=O) groups excluding carboxylic acids is 1. The van der Waals surface area contributed by atoms with Crippen LogP contribution in [0.2, 0.25) is 0 Å². The normalized spacial score (nSPS) is 21.0. The first-order valence-electron chi connectivity index (χ1n) is 10.6. The molecule has 0 unspecified atom stereocenters. The third kappa shape index (κ3) is 4.61. The Morgan fingerprint density at radius 2 is 1.93 bits per heavy atom.